The number of imidazole rings is 1. The number of aromatic amines is 1. The van der Waals surface area contributed by atoms with Gasteiger partial charge in [0.05, 0.1) is 6.61 Å². The van der Waals surface area contributed by atoms with E-state index in [1.807, 2.05) is 18.2 Å². The number of nitrogens with one attached hydrogen (secondary N) is 1. The molecule has 1 aromatic carbocycles. The maximum absolute atomic E-state index is 13.3. The molecule has 4 rings (SSSR count). The quantitative estimate of drug-likeness (QED) is 0.508. The van der Waals surface area contributed by atoms with Gasteiger partial charge in [0.2, 0.25) is 5.05 Å². The number of piperidine rings is 1. The Kier molecular flexibility index (Phi) is 7.72. The first-order valence-corrected chi connectivity index (χ1v) is 11.8. The minimum Gasteiger partial charge on any atom is -0.472 e. The first-order chi connectivity index (χ1) is 16.0. The van der Waals surface area contributed by atoms with E-state index in [0.717, 1.165) is 25.8 Å². The molecule has 4 atom stereocenters. The van der Waals surface area contributed by atoms with Gasteiger partial charge in [-0.1, -0.05) is 36.8 Å². The molecule has 0 amide bonds. The highest BCUT2D eigenvalue weighted by Gasteiger charge is 2.48. The van der Waals surface area contributed by atoms with E-state index in [9.17, 15) is 9.59 Å². The number of likely N-dealkylation sites (tertiary alicyclic amines) is 1. The van der Waals surface area contributed by atoms with Gasteiger partial charge in [-0.3, -0.25) is 14.5 Å². The summed E-state index contributed by atoms with van der Waals surface area (Å²) in [5, 5.41) is 0.132. The van der Waals surface area contributed by atoms with Crippen LogP contribution in [0.15, 0.2) is 42.7 Å². The summed E-state index contributed by atoms with van der Waals surface area (Å²) < 4.78 is 17.4. The topological polar surface area (TPSA) is 93.8 Å². The van der Waals surface area contributed by atoms with Crippen molar-refractivity contribution >= 4 is 29.2 Å². The van der Waals surface area contributed by atoms with Crippen LogP contribution >= 0.6 is 12.2 Å². The van der Waals surface area contributed by atoms with E-state index in [1.54, 1.807) is 12.4 Å². The number of cyclic esters (lactones) is 1. The number of esters is 2. The predicted octanol–water partition coefficient (Wildman–Crippen LogP) is 3.02. The highest BCUT2D eigenvalue weighted by atomic mass is 32.1. The molecule has 8 nitrogen and oxygen atoms in total. The van der Waals surface area contributed by atoms with E-state index in [2.05, 4.69) is 27.0 Å². The Balaban J connectivity index is 1.65. The van der Waals surface area contributed by atoms with Gasteiger partial charge in [0.15, 0.2) is 11.9 Å². The smallest absolute Gasteiger partial charge is 0.314 e. The second-order valence-electron chi connectivity index (χ2n) is 8.46. The molecule has 0 aliphatic carbocycles. The molecule has 0 radical (unpaired) electrons. The lowest BCUT2D eigenvalue weighted by Gasteiger charge is -2.42. The average Bonchev–Trinajstić information content (AvgIpc) is 3.30. The van der Waals surface area contributed by atoms with Gasteiger partial charge in [-0.05, 0) is 37.2 Å². The maximum atomic E-state index is 13.3. The van der Waals surface area contributed by atoms with Crippen molar-refractivity contribution in [3.05, 3.63) is 54.1 Å². The number of nitrogens with zero attached hydrogens (tertiary/aromatic N) is 2. The molecule has 0 unspecified atom stereocenters. The molecule has 176 valence electrons. The van der Waals surface area contributed by atoms with Crippen LogP contribution in [0.25, 0.3) is 0 Å². The van der Waals surface area contributed by atoms with E-state index < -0.39 is 24.1 Å². The fraction of sp³-hybridized carbons (Fsp3) is 0.500. The number of benzene rings is 1. The Morgan fingerprint density at radius 1 is 1.24 bits per heavy atom. The number of thiocarbonyl (C=S) groups is 1. The zero-order chi connectivity index (χ0) is 23.2. The summed E-state index contributed by atoms with van der Waals surface area (Å²) in [6, 6.07) is 10.0. The summed E-state index contributed by atoms with van der Waals surface area (Å²) in [6.45, 7) is 3.08. The van der Waals surface area contributed by atoms with Crippen molar-refractivity contribution in [2.45, 2.75) is 57.4 Å². The molecule has 2 aliphatic rings. The third kappa shape index (κ3) is 5.78. The normalized spacial score (nSPS) is 26.2. The van der Waals surface area contributed by atoms with E-state index in [0.29, 0.717) is 18.8 Å². The molecular weight excluding hydrogens is 442 g/mol. The van der Waals surface area contributed by atoms with Crippen LogP contribution in [0.5, 0.6) is 0 Å². The standard InChI is InChI=1S/C24H29N3O5S/c1-16(28)31-19-10-14-30-23(29)20(21(19)32-24(33)22-25-11-12-26-22)18-9-5-6-13-27(18)15-17-7-3-2-4-8-17/h2-4,7-8,11-12,18-21H,5-6,9-10,13-15H2,1H3,(H,25,26)/t18-,19+,20-,21-/m1/s1. The zero-order valence-corrected chi connectivity index (χ0v) is 19.5. The summed E-state index contributed by atoms with van der Waals surface area (Å²) in [6.07, 6.45) is 5.00. The van der Waals surface area contributed by atoms with Crippen LogP contribution in [0, 0.1) is 5.92 Å². The fourth-order valence-corrected chi connectivity index (χ4v) is 4.98. The van der Waals surface area contributed by atoms with Crippen LogP contribution < -0.4 is 0 Å². The molecule has 2 saturated heterocycles. The van der Waals surface area contributed by atoms with Crippen molar-refractivity contribution < 1.29 is 23.8 Å². The summed E-state index contributed by atoms with van der Waals surface area (Å²) in [5.74, 6) is -1.04. The Labute approximate surface area is 198 Å². The first-order valence-electron chi connectivity index (χ1n) is 11.3. The predicted molar refractivity (Wildman–Crippen MR) is 124 cm³/mol. The first kappa shape index (κ1) is 23.4. The lowest BCUT2D eigenvalue weighted by atomic mass is 9.83. The van der Waals surface area contributed by atoms with Crippen LogP contribution in [0.2, 0.25) is 0 Å². The molecule has 0 bridgehead atoms. The van der Waals surface area contributed by atoms with Gasteiger partial charge in [0.1, 0.15) is 12.0 Å². The maximum Gasteiger partial charge on any atom is 0.314 e. The van der Waals surface area contributed by atoms with Crippen molar-refractivity contribution in [3.8, 4) is 0 Å². The lowest BCUT2D eigenvalue weighted by Crippen LogP contribution is -2.54. The van der Waals surface area contributed by atoms with Gasteiger partial charge >= 0.3 is 11.9 Å². The number of carbonyl (C=O) groups excluding carboxylic acids is 2. The molecular formula is C24H29N3O5S. The van der Waals surface area contributed by atoms with Gasteiger partial charge in [-0.15, -0.1) is 0 Å². The number of carbonyl (C=O) groups is 2. The highest BCUT2D eigenvalue weighted by molar-refractivity contribution is 7.80. The Morgan fingerprint density at radius 3 is 2.79 bits per heavy atom. The number of hydrogen-bond donors (Lipinski definition) is 1. The number of hydrogen-bond acceptors (Lipinski definition) is 8. The summed E-state index contributed by atoms with van der Waals surface area (Å²) in [5.41, 5.74) is 1.17. The average molecular weight is 472 g/mol. The Bertz CT molecular complexity index is 952. The molecule has 2 aliphatic heterocycles. The molecule has 3 heterocycles. The van der Waals surface area contributed by atoms with Gasteiger partial charge in [0, 0.05) is 38.3 Å². The monoisotopic (exact) mass is 471 g/mol. The van der Waals surface area contributed by atoms with Crippen LogP contribution in [-0.4, -0.2) is 63.3 Å². The zero-order valence-electron chi connectivity index (χ0n) is 18.6. The second-order valence-corrected chi connectivity index (χ2v) is 8.83. The number of H-pyrrole nitrogens is 1. The van der Waals surface area contributed by atoms with Gasteiger partial charge in [0.25, 0.3) is 0 Å². The second kappa shape index (κ2) is 10.9. The summed E-state index contributed by atoms with van der Waals surface area (Å²) in [7, 11) is 0. The van der Waals surface area contributed by atoms with E-state index >= 15 is 0 Å². The van der Waals surface area contributed by atoms with E-state index in [1.165, 1.54) is 12.5 Å². The summed E-state index contributed by atoms with van der Waals surface area (Å²) in [4.78, 5) is 34.6. The van der Waals surface area contributed by atoms with Crippen LogP contribution in [0.4, 0.5) is 0 Å². The minimum atomic E-state index is -0.775. The third-order valence-electron chi connectivity index (χ3n) is 6.20. The number of ether oxygens (including phenoxy) is 3. The fourth-order valence-electron chi connectivity index (χ4n) is 4.76. The van der Waals surface area contributed by atoms with Crippen molar-refractivity contribution in [3.63, 3.8) is 0 Å². The Hall–Kier alpha value is -2.78. The van der Waals surface area contributed by atoms with Crippen LogP contribution in [0.1, 0.15) is 44.0 Å². The molecule has 0 spiro atoms. The molecule has 1 N–H and O–H groups in total. The number of aromatic nitrogens is 2. The molecule has 2 aromatic rings. The van der Waals surface area contributed by atoms with Crippen molar-refractivity contribution in [1.82, 2.24) is 14.9 Å². The van der Waals surface area contributed by atoms with E-state index in [4.69, 9.17) is 26.4 Å². The van der Waals surface area contributed by atoms with Crippen LogP contribution in [0.3, 0.4) is 0 Å². The molecule has 1 aromatic heterocycles. The van der Waals surface area contributed by atoms with Gasteiger partial charge in [-0.25, -0.2) is 4.98 Å². The summed E-state index contributed by atoms with van der Waals surface area (Å²) >= 11 is 5.47. The van der Waals surface area contributed by atoms with Crippen LogP contribution in [-0.2, 0) is 30.3 Å². The van der Waals surface area contributed by atoms with E-state index in [-0.39, 0.29) is 23.7 Å². The SMILES string of the molecule is CC(=O)O[C@H]1CCOC(=O)[C@H]([C@H]2CCCCN2Cc2ccccc2)[C@@H]1OC(=S)c1ncc[nH]1. The minimum absolute atomic E-state index is 0.132. The van der Waals surface area contributed by atoms with Crippen molar-refractivity contribution in [1.29, 1.82) is 0 Å². The molecule has 9 heteroatoms. The third-order valence-corrected chi connectivity index (χ3v) is 6.49. The number of rotatable bonds is 6. The van der Waals surface area contributed by atoms with Crippen molar-refractivity contribution in [2.24, 2.45) is 5.92 Å². The molecule has 33 heavy (non-hydrogen) atoms. The van der Waals surface area contributed by atoms with Gasteiger partial charge < -0.3 is 19.2 Å². The van der Waals surface area contributed by atoms with Gasteiger partial charge in [-0.2, -0.15) is 0 Å². The largest absolute Gasteiger partial charge is 0.472 e. The van der Waals surface area contributed by atoms with Crippen molar-refractivity contribution in [2.75, 3.05) is 13.2 Å². The lowest BCUT2D eigenvalue weighted by molar-refractivity contribution is -0.161. The highest BCUT2D eigenvalue weighted by Crippen LogP contribution is 2.34. The Morgan fingerprint density at radius 2 is 2.06 bits per heavy atom. The molecule has 2 fully saturated rings. The molecule has 0 saturated carbocycles.